The van der Waals surface area contributed by atoms with Crippen molar-refractivity contribution in [1.82, 2.24) is 5.06 Å². The molecule has 0 unspecified atom stereocenters. The molecule has 2 rings (SSSR count). The molecule has 1 aliphatic heterocycles. The second kappa shape index (κ2) is 4.90. The van der Waals surface area contributed by atoms with Gasteiger partial charge in [0, 0.05) is 6.54 Å². The summed E-state index contributed by atoms with van der Waals surface area (Å²) in [5.41, 5.74) is 1.19. The van der Waals surface area contributed by atoms with Gasteiger partial charge in [-0.25, -0.2) is 0 Å². The van der Waals surface area contributed by atoms with E-state index in [1.807, 2.05) is 5.06 Å². The Kier molecular flexibility index (Phi) is 3.54. The molecule has 84 valence electrons. The highest BCUT2D eigenvalue weighted by atomic mass is 16.7. The summed E-state index contributed by atoms with van der Waals surface area (Å²) in [5.74, 6) is 0. The van der Waals surface area contributed by atoms with Crippen LogP contribution in [-0.2, 0) is 9.63 Å². The van der Waals surface area contributed by atoms with E-state index in [0.29, 0.717) is 0 Å². The van der Waals surface area contributed by atoms with Gasteiger partial charge in [-0.15, -0.1) is 0 Å². The van der Waals surface area contributed by atoms with Crippen LogP contribution in [0.4, 0.5) is 0 Å². The molecule has 0 N–H and O–H groups in total. The summed E-state index contributed by atoms with van der Waals surface area (Å²) in [6.45, 7) is 4.93. The lowest BCUT2D eigenvalue weighted by atomic mass is 9.93. The number of carbonyl (C=O) groups excluding carboxylic acids is 1. The van der Waals surface area contributed by atoms with Gasteiger partial charge in [-0.05, 0) is 37.7 Å². The minimum atomic E-state index is -0.0280. The standard InChI is InChI=1S/C12H19NO2/c1-10-5-2-3-7-12(10)15-13-8-4-6-11(13)9-14/h9,11-12H,1-8H2/t11-,12-/m0/s1. The summed E-state index contributed by atoms with van der Waals surface area (Å²) in [5, 5.41) is 1.86. The first-order valence-corrected chi connectivity index (χ1v) is 5.87. The number of nitrogens with zero attached hydrogens (tertiary/aromatic N) is 1. The molecule has 0 radical (unpaired) electrons. The number of carbonyl (C=O) groups is 1. The van der Waals surface area contributed by atoms with E-state index in [1.54, 1.807) is 0 Å². The molecule has 2 atom stereocenters. The summed E-state index contributed by atoms with van der Waals surface area (Å²) in [4.78, 5) is 16.7. The summed E-state index contributed by atoms with van der Waals surface area (Å²) >= 11 is 0. The Bertz CT molecular complexity index is 252. The second-order valence-corrected chi connectivity index (χ2v) is 4.48. The summed E-state index contributed by atoms with van der Waals surface area (Å²) < 4.78 is 0. The highest BCUT2D eigenvalue weighted by molar-refractivity contribution is 5.57. The monoisotopic (exact) mass is 209 g/mol. The van der Waals surface area contributed by atoms with E-state index in [9.17, 15) is 4.79 Å². The lowest BCUT2D eigenvalue weighted by Gasteiger charge is -2.30. The number of hydrogen-bond acceptors (Lipinski definition) is 3. The van der Waals surface area contributed by atoms with Gasteiger partial charge in [0.2, 0.25) is 0 Å². The number of rotatable bonds is 3. The average Bonchev–Trinajstić information content (AvgIpc) is 2.69. The maximum absolute atomic E-state index is 10.8. The van der Waals surface area contributed by atoms with E-state index in [0.717, 1.165) is 38.5 Å². The highest BCUT2D eigenvalue weighted by Crippen LogP contribution is 2.27. The zero-order chi connectivity index (χ0) is 10.7. The molecule has 1 aliphatic carbocycles. The zero-order valence-corrected chi connectivity index (χ0v) is 9.15. The van der Waals surface area contributed by atoms with Gasteiger partial charge in [0.05, 0.1) is 6.04 Å². The third-order valence-corrected chi connectivity index (χ3v) is 3.34. The van der Waals surface area contributed by atoms with Gasteiger partial charge in [-0.1, -0.05) is 13.0 Å². The molecule has 3 nitrogen and oxygen atoms in total. The van der Waals surface area contributed by atoms with Crippen molar-refractivity contribution in [2.45, 2.75) is 50.7 Å². The number of hydroxylamine groups is 2. The Balaban J connectivity index is 1.89. The molecule has 2 fully saturated rings. The van der Waals surface area contributed by atoms with Crippen LogP contribution in [0.2, 0.25) is 0 Å². The fourth-order valence-electron chi connectivity index (χ4n) is 2.37. The van der Waals surface area contributed by atoms with Gasteiger partial charge >= 0.3 is 0 Å². The first kappa shape index (κ1) is 10.8. The smallest absolute Gasteiger partial charge is 0.139 e. The van der Waals surface area contributed by atoms with E-state index in [-0.39, 0.29) is 12.1 Å². The first-order valence-electron chi connectivity index (χ1n) is 5.87. The van der Waals surface area contributed by atoms with E-state index < -0.39 is 0 Å². The quantitative estimate of drug-likeness (QED) is 0.526. The van der Waals surface area contributed by atoms with E-state index in [1.165, 1.54) is 18.4 Å². The van der Waals surface area contributed by atoms with Crippen LogP contribution in [0.5, 0.6) is 0 Å². The van der Waals surface area contributed by atoms with E-state index >= 15 is 0 Å². The maximum Gasteiger partial charge on any atom is 0.139 e. The Hall–Kier alpha value is -0.670. The SMILES string of the molecule is C=C1CCCC[C@@H]1ON1CCC[C@H]1C=O. The molecular weight excluding hydrogens is 190 g/mol. The lowest BCUT2D eigenvalue weighted by Crippen LogP contribution is -2.36. The molecule has 1 saturated carbocycles. The van der Waals surface area contributed by atoms with Crippen molar-refractivity contribution in [3.05, 3.63) is 12.2 Å². The molecule has 15 heavy (non-hydrogen) atoms. The van der Waals surface area contributed by atoms with Crippen molar-refractivity contribution >= 4 is 6.29 Å². The molecule has 0 bridgehead atoms. The Morgan fingerprint density at radius 2 is 2.20 bits per heavy atom. The molecule has 1 saturated heterocycles. The molecule has 0 spiro atoms. The van der Waals surface area contributed by atoms with Crippen molar-refractivity contribution in [2.24, 2.45) is 0 Å². The molecule has 2 aliphatic rings. The van der Waals surface area contributed by atoms with Crippen molar-refractivity contribution in [3.8, 4) is 0 Å². The molecule has 1 heterocycles. The normalized spacial score (nSPS) is 33.2. The summed E-state index contributed by atoms with van der Waals surface area (Å²) in [6, 6.07) is -0.0280. The number of aldehydes is 1. The van der Waals surface area contributed by atoms with Crippen LogP contribution in [0.15, 0.2) is 12.2 Å². The van der Waals surface area contributed by atoms with Crippen LogP contribution >= 0.6 is 0 Å². The fraction of sp³-hybridized carbons (Fsp3) is 0.750. The molecule has 0 aromatic rings. The highest BCUT2D eigenvalue weighted by Gasteiger charge is 2.29. The molecule has 0 aromatic carbocycles. The van der Waals surface area contributed by atoms with Gasteiger partial charge in [-0.2, -0.15) is 5.06 Å². The largest absolute Gasteiger partial charge is 0.302 e. The minimum Gasteiger partial charge on any atom is -0.302 e. The topological polar surface area (TPSA) is 29.5 Å². The molecule has 0 amide bonds. The van der Waals surface area contributed by atoms with Crippen LogP contribution in [0.1, 0.15) is 38.5 Å². The van der Waals surface area contributed by atoms with Crippen molar-refractivity contribution in [1.29, 1.82) is 0 Å². The Labute approximate surface area is 91.0 Å². The molecule has 0 aromatic heterocycles. The van der Waals surface area contributed by atoms with Crippen LogP contribution in [0, 0.1) is 0 Å². The molecule has 3 heteroatoms. The molecular formula is C12H19NO2. The van der Waals surface area contributed by atoms with Crippen molar-refractivity contribution < 1.29 is 9.63 Å². The minimum absolute atomic E-state index is 0.0280. The second-order valence-electron chi connectivity index (χ2n) is 4.48. The van der Waals surface area contributed by atoms with E-state index in [2.05, 4.69) is 6.58 Å². The van der Waals surface area contributed by atoms with Crippen LogP contribution < -0.4 is 0 Å². The van der Waals surface area contributed by atoms with Crippen LogP contribution in [-0.4, -0.2) is 30.0 Å². The average molecular weight is 209 g/mol. The first-order chi connectivity index (χ1) is 7.31. The van der Waals surface area contributed by atoms with Crippen molar-refractivity contribution in [2.75, 3.05) is 6.54 Å². The zero-order valence-electron chi connectivity index (χ0n) is 9.15. The predicted octanol–water partition coefficient (Wildman–Crippen LogP) is 2.08. The predicted molar refractivity (Wildman–Crippen MR) is 58.3 cm³/mol. The van der Waals surface area contributed by atoms with E-state index in [4.69, 9.17) is 4.84 Å². The third kappa shape index (κ3) is 2.47. The van der Waals surface area contributed by atoms with Gasteiger partial charge in [0.1, 0.15) is 12.4 Å². The van der Waals surface area contributed by atoms with Gasteiger partial charge in [0.25, 0.3) is 0 Å². The van der Waals surface area contributed by atoms with Crippen molar-refractivity contribution in [3.63, 3.8) is 0 Å². The maximum atomic E-state index is 10.8. The Morgan fingerprint density at radius 1 is 1.33 bits per heavy atom. The van der Waals surface area contributed by atoms with Crippen LogP contribution in [0.3, 0.4) is 0 Å². The van der Waals surface area contributed by atoms with Gasteiger partial charge in [-0.3, -0.25) is 4.84 Å². The Morgan fingerprint density at radius 3 is 2.93 bits per heavy atom. The van der Waals surface area contributed by atoms with Crippen LogP contribution in [0.25, 0.3) is 0 Å². The number of hydrogen-bond donors (Lipinski definition) is 0. The van der Waals surface area contributed by atoms with Gasteiger partial charge in [0.15, 0.2) is 0 Å². The summed E-state index contributed by atoms with van der Waals surface area (Å²) in [7, 11) is 0. The summed E-state index contributed by atoms with van der Waals surface area (Å²) in [6.07, 6.45) is 7.72. The lowest BCUT2D eigenvalue weighted by molar-refractivity contribution is -0.196. The fourth-order valence-corrected chi connectivity index (χ4v) is 2.37. The van der Waals surface area contributed by atoms with Gasteiger partial charge < -0.3 is 4.79 Å². The third-order valence-electron chi connectivity index (χ3n) is 3.34.